The van der Waals surface area contributed by atoms with Crippen molar-refractivity contribution in [2.24, 2.45) is 5.92 Å². The Morgan fingerprint density at radius 2 is 1.93 bits per heavy atom. The maximum Gasteiger partial charge on any atom is 0.251 e. The number of amides is 1. The van der Waals surface area contributed by atoms with E-state index in [1.165, 1.54) is 18.4 Å². The molecule has 0 saturated carbocycles. The van der Waals surface area contributed by atoms with E-state index in [0.717, 1.165) is 30.8 Å². The van der Waals surface area contributed by atoms with Crippen molar-refractivity contribution in [2.75, 3.05) is 32.1 Å². The molecule has 0 radical (unpaired) electrons. The summed E-state index contributed by atoms with van der Waals surface area (Å²) in [6.45, 7) is 2.28. The van der Waals surface area contributed by atoms with Gasteiger partial charge in [0.2, 0.25) is 0 Å². The van der Waals surface area contributed by atoms with Crippen LogP contribution < -0.4 is 10.2 Å². The Morgan fingerprint density at radius 3 is 2.56 bits per heavy atom. The predicted molar refractivity (Wildman–Crippen MR) is 108 cm³/mol. The van der Waals surface area contributed by atoms with Crippen LogP contribution in [0.3, 0.4) is 0 Å². The second-order valence-electron chi connectivity index (χ2n) is 7.95. The van der Waals surface area contributed by atoms with Gasteiger partial charge in [0.25, 0.3) is 5.91 Å². The van der Waals surface area contributed by atoms with Crippen LogP contribution in [0.5, 0.6) is 0 Å². The summed E-state index contributed by atoms with van der Waals surface area (Å²) in [5, 5.41) is 3.37. The van der Waals surface area contributed by atoms with Crippen LogP contribution in [0.2, 0.25) is 0 Å². The zero-order chi connectivity index (χ0) is 18.8. The average molecular weight is 364 g/mol. The van der Waals surface area contributed by atoms with Crippen LogP contribution in [-0.2, 0) is 6.42 Å². The van der Waals surface area contributed by atoms with Gasteiger partial charge >= 0.3 is 0 Å². The van der Waals surface area contributed by atoms with E-state index in [4.69, 9.17) is 0 Å². The zero-order valence-corrected chi connectivity index (χ0v) is 16.1. The predicted octanol–water partition coefficient (Wildman–Crippen LogP) is 2.58. The molecule has 5 nitrogen and oxygen atoms in total. The smallest absolute Gasteiger partial charge is 0.251 e. The minimum absolute atomic E-state index is 0.0373. The van der Waals surface area contributed by atoms with Crippen molar-refractivity contribution >= 4 is 11.6 Å². The fourth-order valence-corrected chi connectivity index (χ4v) is 4.53. The molecule has 0 spiro atoms. The minimum atomic E-state index is 0.0373. The van der Waals surface area contributed by atoms with Gasteiger partial charge in [-0.05, 0) is 74.2 Å². The molecule has 0 aliphatic carbocycles. The van der Waals surface area contributed by atoms with E-state index in [2.05, 4.69) is 21.3 Å². The third-order valence-electron chi connectivity index (χ3n) is 6.08. The number of aromatic nitrogens is 1. The molecule has 5 heteroatoms. The lowest BCUT2D eigenvalue weighted by atomic mass is 9.76. The number of piperidine rings is 3. The molecule has 1 N–H and O–H groups in total. The Hall–Kier alpha value is -2.40. The molecule has 5 rings (SSSR count). The Balaban J connectivity index is 1.50. The Morgan fingerprint density at radius 1 is 1.19 bits per heavy atom. The number of hydrogen-bond donors (Lipinski definition) is 1. The molecular formula is C22H28N4O. The number of benzene rings is 1. The van der Waals surface area contributed by atoms with Gasteiger partial charge in [-0.25, -0.2) is 0 Å². The second-order valence-corrected chi connectivity index (χ2v) is 7.95. The van der Waals surface area contributed by atoms with E-state index in [9.17, 15) is 4.79 Å². The molecule has 1 aromatic carbocycles. The first kappa shape index (κ1) is 18.0. The fraction of sp³-hybridized carbons (Fsp3) is 0.455. The topological polar surface area (TPSA) is 48.5 Å². The normalized spacial score (nSPS) is 26.6. The van der Waals surface area contributed by atoms with Gasteiger partial charge in [0.15, 0.2) is 0 Å². The number of nitrogens with zero attached hydrogens (tertiary/aromatic N) is 3. The summed E-state index contributed by atoms with van der Waals surface area (Å²) < 4.78 is 0. The first-order valence-corrected chi connectivity index (χ1v) is 9.83. The van der Waals surface area contributed by atoms with Crippen molar-refractivity contribution in [2.45, 2.75) is 31.3 Å². The Kier molecular flexibility index (Phi) is 5.12. The first-order valence-electron chi connectivity index (χ1n) is 9.83. The quantitative estimate of drug-likeness (QED) is 0.886. The number of carbonyl (C=O) groups excluding carboxylic acids is 1. The van der Waals surface area contributed by atoms with Crippen LogP contribution >= 0.6 is 0 Å². The third-order valence-corrected chi connectivity index (χ3v) is 6.08. The van der Waals surface area contributed by atoms with Crippen LogP contribution in [0.1, 0.15) is 28.8 Å². The Bertz CT molecular complexity index is 767. The molecular weight excluding hydrogens is 336 g/mol. The number of anilines is 1. The minimum Gasteiger partial charge on any atom is -0.378 e. The average Bonchev–Trinajstić information content (AvgIpc) is 2.71. The van der Waals surface area contributed by atoms with E-state index < -0.39 is 0 Å². The third kappa shape index (κ3) is 3.83. The van der Waals surface area contributed by atoms with Gasteiger partial charge in [-0.1, -0.05) is 6.07 Å². The largest absolute Gasteiger partial charge is 0.378 e. The van der Waals surface area contributed by atoms with Gasteiger partial charge in [0.05, 0.1) is 0 Å². The molecule has 4 heterocycles. The van der Waals surface area contributed by atoms with E-state index >= 15 is 0 Å². The molecule has 142 valence electrons. The number of nitrogens with one attached hydrogen (secondary N) is 1. The van der Waals surface area contributed by atoms with Gasteiger partial charge in [0.1, 0.15) is 0 Å². The van der Waals surface area contributed by atoms with E-state index in [0.29, 0.717) is 12.0 Å². The number of fused-ring (bicyclic) bond motifs is 3. The SMILES string of the molecule is CN(C)c1ccc(C(=O)N[C@@H]2C3CCN(CC3)[C@@H]2Cc2cccnc2)cc1. The monoisotopic (exact) mass is 364 g/mol. The van der Waals surface area contributed by atoms with Crippen LogP contribution in [0.15, 0.2) is 48.8 Å². The molecule has 2 bridgehead atoms. The van der Waals surface area contributed by atoms with Crippen molar-refractivity contribution < 1.29 is 4.79 Å². The molecule has 2 atom stereocenters. The van der Waals surface area contributed by atoms with Crippen molar-refractivity contribution in [1.29, 1.82) is 0 Å². The van der Waals surface area contributed by atoms with Crippen molar-refractivity contribution in [3.8, 4) is 0 Å². The molecule has 1 aromatic heterocycles. The standard InChI is InChI=1S/C22H28N4O/c1-25(2)19-7-5-18(6-8-19)22(27)24-21-17-9-12-26(13-10-17)20(21)14-16-4-3-11-23-15-16/h3-8,11,15,17,20-21H,9-10,12-14H2,1-2H3,(H,24,27)/t20-,21-/m1/s1. The van der Waals surface area contributed by atoms with E-state index in [-0.39, 0.29) is 11.9 Å². The fourth-order valence-electron chi connectivity index (χ4n) is 4.53. The van der Waals surface area contributed by atoms with E-state index in [1.54, 1.807) is 0 Å². The van der Waals surface area contributed by atoms with Crippen LogP contribution in [0, 0.1) is 5.92 Å². The van der Waals surface area contributed by atoms with Gasteiger partial charge in [-0.3, -0.25) is 14.7 Å². The lowest BCUT2D eigenvalue weighted by Gasteiger charge is -2.51. The van der Waals surface area contributed by atoms with Crippen molar-refractivity contribution in [1.82, 2.24) is 15.2 Å². The van der Waals surface area contributed by atoms with Gasteiger partial charge in [-0.2, -0.15) is 0 Å². The van der Waals surface area contributed by atoms with Crippen LogP contribution in [0.25, 0.3) is 0 Å². The highest BCUT2D eigenvalue weighted by Crippen LogP contribution is 2.34. The molecule has 3 aliphatic heterocycles. The summed E-state index contributed by atoms with van der Waals surface area (Å²) in [5.41, 5.74) is 3.07. The van der Waals surface area contributed by atoms with Gasteiger partial charge in [0, 0.05) is 49.8 Å². The summed E-state index contributed by atoms with van der Waals surface area (Å²) in [6, 6.07) is 12.5. The van der Waals surface area contributed by atoms with Crippen LogP contribution in [-0.4, -0.2) is 55.1 Å². The molecule has 1 amide bonds. The summed E-state index contributed by atoms with van der Waals surface area (Å²) in [5.74, 6) is 0.608. The first-order chi connectivity index (χ1) is 13.1. The highest BCUT2D eigenvalue weighted by molar-refractivity contribution is 5.94. The zero-order valence-electron chi connectivity index (χ0n) is 16.1. The highest BCUT2D eigenvalue weighted by atomic mass is 16.1. The summed E-state index contributed by atoms with van der Waals surface area (Å²) in [7, 11) is 4.01. The second kappa shape index (κ2) is 7.69. The molecule has 27 heavy (non-hydrogen) atoms. The highest BCUT2D eigenvalue weighted by Gasteiger charge is 2.42. The summed E-state index contributed by atoms with van der Waals surface area (Å²) in [4.78, 5) is 21.8. The molecule has 3 aliphatic rings. The molecule has 3 saturated heterocycles. The maximum atomic E-state index is 12.9. The molecule has 2 aromatic rings. The van der Waals surface area contributed by atoms with Gasteiger partial charge < -0.3 is 10.2 Å². The lowest BCUT2D eigenvalue weighted by Crippen LogP contribution is -2.64. The molecule has 0 unspecified atom stereocenters. The summed E-state index contributed by atoms with van der Waals surface area (Å²) in [6.07, 6.45) is 7.05. The van der Waals surface area contributed by atoms with Crippen LogP contribution in [0.4, 0.5) is 5.69 Å². The number of rotatable bonds is 5. The maximum absolute atomic E-state index is 12.9. The number of carbonyl (C=O) groups is 1. The van der Waals surface area contributed by atoms with Gasteiger partial charge in [-0.15, -0.1) is 0 Å². The summed E-state index contributed by atoms with van der Waals surface area (Å²) >= 11 is 0. The van der Waals surface area contributed by atoms with Crippen molar-refractivity contribution in [3.63, 3.8) is 0 Å². The van der Waals surface area contributed by atoms with Crippen molar-refractivity contribution in [3.05, 3.63) is 59.9 Å². The number of pyridine rings is 1. The number of hydrogen-bond acceptors (Lipinski definition) is 4. The molecule has 3 fully saturated rings. The van der Waals surface area contributed by atoms with E-state index in [1.807, 2.05) is 61.7 Å². The Labute approximate surface area is 161 Å². The lowest BCUT2D eigenvalue weighted by molar-refractivity contribution is 0.0136.